The van der Waals surface area contributed by atoms with Gasteiger partial charge in [-0.2, -0.15) is 0 Å². The number of rotatable bonds is 9. The molecule has 160 valence electrons. The van der Waals surface area contributed by atoms with Crippen molar-refractivity contribution in [2.24, 2.45) is 0 Å². The predicted octanol–water partition coefficient (Wildman–Crippen LogP) is 2.40. The Balaban J connectivity index is 2.01. The highest BCUT2D eigenvalue weighted by atomic mass is 19.1. The molecule has 2 aromatic rings. The number of Topliss-reactive ketones (excluding diaryl/α,β-unsaturated/α-hetero) is 1. The summed E-state index contributed by atoms with van der Waals surface area (Å²) in [6, 6.07) is 6.86. The molecule has 0 saturated heterocycles. The molecule has 0 unspecified atom stereocenters. The number of benzene rings is 2. The fraction of sp³-hybridized carbons (Fsp3) is 0.286. The van der Waals surface area contributed by atoms with Crippen LogP contribution >= 0.6 is 0 Å². The van der Waals surface area contributed by atoms with Crippen LogP contribution in [0, 0.1) is 5.82 Å². The number of ketones is 1. The number of amides is 1. The third-order valence-corrected chi connectivity index (χ3v) is 4.12. The highest BCUT2D eigenvalue weighted by Crippen LogP contribution is 2.38. The molecule has 2 aromatic carbocycles. The summed E-state index contributed by atoms with van der Waals surface area (Å²) < 4.78 is 33.7. The zero-order valence-corrected chi connectivity index (χ0v) is 17.0. The van der Waals surface area contributed by atoms with Gasteiger partial charge in [0.2, 0.25) is 5.75 Å². The van der Waals surface area contributed by atoms with Gasteiger partial charge in [0.05, 0.1) is 21.3 Å². The Morgan fingerprint density at radius 1 is 0.967 bits per heavy atom. The van der Waals surface area contributed by atoms with E-state index < -0.39 is 36.1 Å². The van der Waals surface area contributed by atoms with Crippen molar-refractivity contribution in [1.82, 2.24) is 5.32 Å². The maximum Gasteiger partial charge on any atom is 0.328 e. The second kappa shape index (κ2) is 10.2. The van der Waals surface area contributed by atoms with E-state index in [0.717, 1.165) is 6.07 Å². The van der Waals surface area contributed by atoms with Crippen molar-refractivity contribution in [1.29, 1.82) is 0 Å². The number of esters is 1. The third kappa shape index (κ3) is 5.47. The number of carbonyl (C=O) groups excluding carboxylic acids is 3. The monoisotopic (exact) mass is 419 g/mol. The first-order valence-electron chi connectivity index (χ1n) is 8.87. The Morgan fingerprint density at radius 2 is 1.60 bits per heavy atom. The van der Waals surface area contributed by atoms with Gasteiger partial charge in [0.25, 0.3) is 5.91 Å². The van der Waals surface area contributed by atoms with Gasteiger partial charge in [-0.3, -0.25) is 9.59 Å². The first-order chi connectivity index (χ1) is 14.3. The van der Waals surface area contributed by atoms with E-state index in [1.165, 1.54) is 58.6 Å². The SMILES string of the molecule is COc1cc(C(=O)N[C@@H](C)C(=O)OCC(=O)c2cccc(F)c2)cc(OC)c1OC. The minimum absolute atomic E-state index is 0.0805. The zero-order chi connectivity index (χ0) is 22.3. The fourth-order valence-corrected chi connectivity index (χ4v) is 2.56. The molecule has 0 aliphatic heterocycles. The molecule has 8 nitrogen and oxygen atoms in total. The Morgan fingerprint density at radius 3 is 2.13 bits per heavy atom. The maximum absolute atomic E-state index is 13.2. The first kappa shape index (κ1) is 22.7. The maximum atomic E-state index is 13.2. The van der Waals surface area contributed by atoms with Gasteiger partial charge in [-0.05, 0) is 31.2 Å². The van der Waals surface area contributed by atoms with Crippen molar-refractivity contribution in [2.75, 3.05) is 27.9 Å². The van der Waals surface area contributed by atoms with Crippen molar-refractivity contribution in [2.45, 2.75) is 13.0 Å². The van der Waals surface area contributed by atoms with Crippen LogP contribution in [0.3, 0.4) is 0 Å². The van der Waals surface area contributed by atoms with Crippen LogP contribution in [-0.2, 0) is 9.53 Å². The second-order valence-corrected chi connectivity index (χ2v) is 6.15. The van der Waals surface area contributed by atoms with Gasteiger partial charge in [0.1, 0.15) is 11.9 Å². The molecule has 0 aromatic heterocycles. The van der Waals surface area contributed by atoms with E-state index in [9.17, 15) is 18.8 Å². The lowest BCUT2D eigenvalue weighted by molar-refractivity contribution is -0.144. The molecule has 1 atom stereocenters. The lowest BCUT2D eigenvalue weighted by Gasteiger charge is -2.16. The first-order valence-corrected chi connectivity index (χ1v) is 8.87. The van der Waals surface area contributed by atoms with Gasteiger partial charge < -0.3 is 24.3 Å². The van der Waals surface area contributed by atoms with E-state index in [1.54, 1.807) is 0 Å². The number of ether oxygens (including phenoxy) is 4. The van der Waals surface area contributed by atoms with Crippen LogP contribution in [0.15, 0.2) is 36.4 Å². The van der Waals surface area contributed by atoms with E-state index >= 15 is 0 Å². The molecule has 0 aliphatic carbocycles. The van der Waals surface area contributed by atoms with Crippen LogP contribution < -0.4 is 19.5 Å². The number of hydrogen-bond acceptors (Lipinski definition) is 7. The van der Waals surface area contributed by atoms with Crippen LogP contribution in [0.2, 0.25) is 0 Å². The minimum atomic E-state index is -1.04. The Bertz CT molecular complexity index is 920. The molecule has 2 rings (SSSR count). The van der Waals surface area contributed by atoms with E-state index in [0.29, 0.717) is 5.75 Å². The lowest BCUT2D eigenvalue weighted by Crippen LogP contribution is -2.40. The summed E-state index contributed by atoms with van der Waals surface area (Å²) in [5, 5.41) is 2.47. The molecular formula is C21H22FNO7. The normalized spacial score (nSPS) is 11.2. The highest BCUT2D eigenvalue weighted by Gasteiger charge is 2.22. The molecule has 9 heteroatoms. The summed E-state index contributed by atoms with van der Waals surface area (Å²) >= 11 is 0. The Kier molecular flexibility index (Phi) is 7.74. The summed E-state index contributed by atoms with van der Waals surface area (Å²) in [4.78, 5) is 36.6. The number of halogens is 1. The molecule has 0 radical (unpaired) electrons. The summed E-state index contributed by atoms with van der Waals surface area (Å²) in [5.74, 6) is -1.67. The van der Waals surface area contributed by atoms with E-state index in [2.05, 4.69) is 5.32 Å². The van der Waals surface area contributed by atoms with Crippen LogP contribution in [0.25, 0.3) is 0 Å². The van der Waals surface area contributed by atoms with Gasteiger partial charge in [-0.1, -0.05) is 12.1 Å². The van der Waals surface area contributed by atoms with Crippen molar-refractivity contribution < 1.29 is 37.7 Å². The number of methoxy groups -OCH3 is 3. The smallest absolute Gasteiger partial charge is 0.328 e. The van der Waals surface area contributed by atoms with Crippen LogP contribution in [0.4, 0.5) is 4.39 Å². The molecule has 0 heterocycles. The van der Waals surface area contributed by atoms with Gasteiger partial charge in [0, 0.05) is 11.1 Å². The topological polar surface area (TPSA) is 100 Å². The number of nitrogens with one attached hydrogen (secondary N) is 1. The summed E-state index contributed by atoms with van der Waals surface area (Å²) in [6.45, 7) is 0.831. The average molecular weight is 419 g/mol. The quantitative estimate of drug-likeness (QED) is 0.492. The van der Waals surface area contributed by atoms with E-state index in [4.69, 9.17) is 18.9 Å². The van der Waals surface area contributed by atoms with E-state index in [1.807, 2.05) is 0 Å². The molecule has 0 bridgehead atoms. The molecule has 1 amide bonds. The fourth-order valence-electron chi connectivity index (χ4n) is 2.56. The van der Waals surface area contributed by atoms with Crippen LogP contribution in [0.1, 0.15) is 27.6 Å². The van der Waals surface area contributed by atoms with Crippen molar-refractivity contribution in [3.63, 3.8) is 0 Å². The van der Waals surface area contributed by atoms with E-state index in [-0.39, 0.29) is 22.6 Å². The van der Waals surface area contributed by atoms with Gasteiger partial charge >= 0.3 is 5.97 Å². The van der Waals surface area contributed by atoms with Crippen molar-refractivity contribution in [3.05, 3.63) is 53.3 Å². The summed E-state index contributed by atoms with van der Waals surface area (Å²) in [6.07, 6.45) is 0. The van der Waals surface area contributed by atoms with Crippen molar-refractivity contribution >= 4 is 17.7 Å². The largest absolute Gasteiger partial charge is 0.493 e. The Labute approximate surface area is 172 Å². The van der Waals surface area contributed by atoms with Gasteiger partial charge in [-0.25, -0.2) is 9.18 Å². The molecule has 0 saturated carbocycles. The molecular weight excluding hydrogens is 397 g/mol. The number of carbonyl (C=O) groups is 3. The molecule has 30 heavy (non-hydrogen) atoms. The molecule has 0 fully saturated rings. The van der Waals surface area contributed by atoms with Crippen LogP contribution in [-0.4, -0.2) is 51.6 Å². The Hall–Kier alpha value is -3.62. The predicted molar refractivity (Wildman–Crippen MR) is 105 cm³/mol. The zero-order valence-electron chi connectivity index (χ0n) is 17.0. The summed E-state index contributed by atoms with van der Waals surface area (Å²) in [5.41, 5.74) is 0.247. The highest BCUT2D eigenvalue weighted by molar-refractivity contribution is 5.99. The second-order valence-electron chi connectivity index (χ2n) is 6.15. The third-order valence-electron chi connectivity index (χ3n) is 4.12. The molecule has 1 N–H and O–H groups in total. The van der Waals surface area contributed by atoms with Gasteiger partial charge in [-0.15, -0.1) is 0 Å². The molecule has 0 aliphatic rings. The standard InChI is InChI=1S/C21H22FNO7/c1-12(21(26)30-11-16(24)13-6-5-7-15(22)8-13)23-20(25)14-9-17(27-2)19(29-4)18(10-14)28-3/h5-10,12H,11H2,1-4H3,(H,23,25)/t12-/m0/s1. The molecule has 0 spiro atoms. The lowest BCUT2D eigenvalue weighted by atomic mass is 10.1. The number of hydrogen-bond donors (Lipinski definition) is 1. The average Bonchev–Trinajstić information content (AvgIpc) is 2.75. The minimum Gasteiger partial charge on any atom is -0.493 e. The summed E-state index contributed by atoms with van der Waals surface area (Å²) in [7, 11) is 4.26. The van der Waals surface area contributed by atoms with Crippen molar-refractivity contribution in [3.8, 4) is 17.2 Å². The van der Waals surface area contributed by atoms with Gasteiger partial charge in [0.15, 0.2) is 23.9 Å². The van der Waals surface area contributed by atoms with Crippen LogP contribution in [0.5, 0.6) is 17.2 Å².